The molecule has 1 aliphatic heterocycles. The van der Waals surface area contributed by atoms with Crippen molar-refractivity contribution in [2.75, 3.05) is 0 Å². The molecular formula is C17H12BrFN2O3. The number of hydrogen-bond donors (Lipinski definition) is 0. The summed E-state index contributed by atoms with van der Waals surface area (Å²) in [7, 11) is 0. The number of imide groups is 2. The summed E-state index contributed by atoms with van der Waals surface area (Å²) in [6.45, 7) is -0.0686. The maximum Gasteiger partial charge on any atom is 0.334 e. The number of hydrogen-bond acceptors (Lipinski definition) is 3. The van der Waals surface area contributed by atoms with Crippen LogP contribution in [-0.2, 0) is 22.7 Å². The molecule has 0 aromatic heterocycles. The summed E-state index contributed by atoms with van der Waals surface area (Å²) < 4.78 is 13.6. The molecule has 0 radical (unpaired) electrons. The van der Waals surface area contributed by atoms with Gasteiger partial charge in [-0.25, -0.2) is 9.18 Å². The Balaban J connectivity index is 1.81. The molecule has 2 aromatic carbocycles. The van der Waals surface area contributed by atoms with Crippen LogP contribution < -0.4 is 0 Å². The Bertz CT molecular complexity index is 826. The van der Waals surface area contributed by atoms with Gasteiger partial charge in [0, 0.05) is 4.47 Å². The standard InChI is InChI=1S/C17H12BrFN2O3/c18-14-8-13(19)7-6-12(14)10-21-16(23)15(22)20(17(21)24)9-11-4-2-1-3-5-11/h1-8H,9-10H2. The molecule has 1 fully saturated rings. The van der Waals surface area contributed by atoms with Crippen LogP contribution >= 0.6 is 15.9 Å². The van der Waals surface area contributed by atoms with Gasteiger partial charge < -0.3 is 0 Å². The Morgan fingerprint density at radius 2 is 1.50 bits per heavy atom. The smallest absolute Gasteiger partial charge is 0.263 e. The molecule has 0 N–H and O–H groups in total. The highest BCUT2D eigenvalue weighted by molar-refractivity contribution is 9.10. The number of amides is 4. The zero-order chi connectivity index (χ0) is 17.3. The lowest BCUT2D eigenvalue weighted by Gasteiger charge is -2.16. The fourth-order valence-corrected chi connectivity index (χ4v) is 2.89. The average Bonchev–Trinajstić information content (AvgIpc) is 2.76. The first kappa shape index (κ1) is 16.3. The predicted molar refractivity (Wildman–Crippen MR) is 87.0 cm³/mol. The first-order valence-electron chi connectivity index (χ1n) is 7.12. The first-order chi connectivity index (χ1) is 11.5. The van der Waals surface area contributed by atoms with Crippen LogP contribution in [0.25, 0.3) is 0 Å². The summed E-state index contributed by atoms with van der Waals surface area (Å²) in [4.78, 5) is 38.4. The molecule has 0 saturated carbocycles. The van der Waals surface area contributed by atoms with Crippen molar-refractivity contribution in [3.8, 4) is 0 Å². The second-order valence-electron chi connectivity index (χ2n) is 5.29. The van der Waals surface area contributed by atoms with Crippen molar-refractivity contribution in [2.45, 2.75) is 13.1 Å². The van der Waals surface area contributed by atoms with Gasteiger partial charge in [-0.3, -0.25) is 19.4 Å². The van der Waals surface area contributed by atoms with E-state index in [2.05, 4.69) is 15.9 Å². The van der Waals surface area contributed by atoms with Crippen LogP contribution in [0.5, 0.6) is 0 Å². The normalized spacial score (nSPS) is 14.7. The zero-order valence-electron chi connectivity index (χ0n) is 12.4. The fraction of sp³-hybridized carbons (Fsp3) is 0.118. The van der Waals surface area contributed by atoms with Gasteiger partial charge in [0.05, 0.1) is 13.1 Å². The van der Waals surface area contributed by atoms with E-state index in [4.69, 9.17) is 0 Å². The highest BCUT2D eigenvalue weighted by atomic mass is 79.9. The van der Waals surface area contributed by atoms with Crippen LogP contribution in [0.2, 0.25) is 0 Å². The minimum atomic E-state index is -0.882. The molecule has 122 valence electrons. The van der Waals surface area contributed by atoms with Gasteiger partial charge in [0.2, 0.25) is 0 Å². The lowest BCUT2D eigenvalue weighted by Crippen LogP contribution is -2.32. The van der Waals surface area contributed by atoms with Gasteiger partial charge in [0.25, 0.3) is 0 Å². The number of rotatable bonds is 4. The van der Waals surface area contributed by atoms with Crippen molar-refractivity contribution >= 4 is 33.8 Å². The largest absolute Gasteiger partial charge is 0.334 e. The van der Waals surface area contributed by atoms with Crippen LogP contribution in [0.1, 0.15) is 11.1 Å². The maximum absolute atomic E-state index is 13.1. The molecule has 0 unspecified atom stereocenters. The Morgan fingerprint density at radius 3 is 2.12 bits per heavy atom. The van der Waals surface area contributed by atoms with Crippen LogP contribution in [0, 0.1) is 5.82 Å². The minimum absolute atomic E-state index is 0.0331. The van der Waals surface area contributed by atoms with Crippen molar-refractivity contribution in [3.63, 3.8) is 0 Å². The van der Waals surface area contributed by atoms with Crippen LogP contribution in [0.4, 0.5) is 9.18 Å². The molecule has 0 bridgehead atoms. The van der Waals surface area contributed by atoms with Crippen molar-refractivity contribution in [1.82, 2.24) is 9.80 Å². The highest BCUT2D eigenvalue weighted by Crippen LogP contribution is 2.23. The molecule has 0 aliphatic carbocycles. The SMILES string of the molecule is O=C1C(=O)N(Cc2ccc(F)cc2Br)C(=O)N1Cc1ccccc1. The number of halogens is 2. The molecule has 1 heterocycles. The Kier molecular flexibility index (Phi) is 4.44. The molecule has 0 spiro atoms. The second-order valence-corrected chi connectivity index (χ2v) is 6.14. The summed E-state index contributed by atoms with van der Waals surface area (Å²) in [6.07, 6.45) is 0. The van der Waals surface area contributed by atoms with Crippen molar-refractivity contribution in [2.24, 2.45) is 0 Å². The van der Waals surface area contributed by atoms with E-state index in [1.54, 1.807) is 24.3 Å². The summed E-state index contributed by atoms with van der Waals surface area (Å²) in [6, 6.07) is 12.2. The summed E-state index contributed by atoms with van der Waals surface area (Å²) in [5, 5.41) is 0. The molecule has 0 atom stereocenters. The van der Waals surface area contributed by atoms with E-state index in [1.807, 2.05) is 6.07 Å². The summed E-state index contributed by atoms with van der Waals surface area (Å²) >= 11 is 3.19. The molecule has 3 rings (SSSR count). The zero-order valence-corrected chi connectivity index (χ0v) is 14.0. The predicted octanol–water partition coefficient (Wildman–Crippen LogP) is 3.08. The third kappa shape index (κ3) is 3.07. The van der Waals surface area contributed by atoms with Crippen molar-refractivity contribution < 1.29 is 18.8 Å². The van der Waals surface area contributed by atoms with Gasteiger partial charge in [-0.2, -0.15) is 0 Å². The molecule has 5 nitrogen and oxygen atoms in total. The van der Waals surface area contributed by atoms with Gasteiger partial charge in [0.1, 0.15) is 5.82 Å². The van der Waals surface area contributed by atoms with Crippen LogP contribution in [0.3, 0.4) is 0 Å². The number of nitrogens with zero attached hydrogens (tertiary/aromatic N) is 2. The van der Waals surface area contributed by atoms with E-state index in [1.165, 1.54) is 18.2 Å². The number of carbonyl (C=O) groups excluding carboxylic acids is 3. The molecule has 4 amide bonds. The second kappa shape index (κ2) is 6.52. The fourth-order valence-electron chi connectivity index (χ4n) is 2.42. The van der Waals surface area contributed by atoms with Crippen LogP contribution in [0.15, 0.2) is 53.0 Å². The average molecular weight is 391 g/mol. The van der Waals surface area contributed by atoms with Crippen molar-refractivity contribution in [3.05, 3.63) is 69.9 Å². The number of benzene rings is 2. The van der Waals surface area contributed by atoms with Gasteiger partial charge in [0.15, 0.2) is 0 Å². The van der Waals surface area contributed by atoms with Crippen molar-refractivity contribution in [1.29, 1.82) is 0 Å². The third-order valence-electron chi connectivity index (χ3n) is 3.66. The van der Waals surface area contributed by atoms with E-state index in [0.29, 0.717) is 10.0 Å². The molecule has 7 heteroatoms. The van der Waals surface area contributed by atoms with E-state index >= 15 is 0 Å². The Morgan fingerprint density at radius 1 is 0.875 bits per heavy atom. The van der Waals surface area contributed by atoms with E-state index in [-0.39, 0.29) is 13.1 Å². The molecule has 1 aliphatic rings. The van der Waals surface area contributed by atoms with Gasteiger partial charge in [-0.05, 0) is 23.3 Å². The van der Waals surface area contributed by atoms with Gasteiger partial charge >= 0.3 is 17.8 Å². The maximum atomic E-state index is 13.1. The number of urea groups is 1. The van der Waals surface area contributed by atoms with E-state index < -0.39 is 23.7 Å². The molecule has 1 saturated heterocycles. The lowest BCUT2D eigenvalue weighted by atomic mass is 10.2. The highest BCUT2D eigenvalue weighted by Gasteiger charge is 2.44. The molecule has 24 heavy (non-hydrogen) atoms. The summed E-state index contributed by atoms with van der Waals surface area (Å²) in [5.74, 6) is -2.18. The minimum Gasteiger partial charge on any atom is -0.263 e. The first-order valence-corrected chi connectivity index (χ1v) is 7.92. The quantitative estimate of drug-likeness (QED) is 0.595. The van der Waals surface area contributed by atoms with Gasteiger partial charge in [-0.1, -0.05) is 52.3 Å². The third-order valence-corrected chi connectivity index (χ3v) is 4.40. The van der Waals surface area contributed by atoms with E-state index in [0.717, 1.165) is 15.4 Å². The monoisotopic (exact) mass is 390 g/mol. The summed E-state index contributed by atoms with van der Waals surface area (Å²) in [5.41, 5.74) is 1.28. The Labute approximate surface area is 145 Å². The molecule has 2 aromatic rings. The number of carbonyl (C=O) groups is 3. The van der Waals surface area contributed by atoms with Gasteiger partial charge in [-0.15, -0.1) is 0 Å². The topological polar surface area (TPSA) is 57.7 Å². The lowest BCUT2D eigenvalue weighted by molar-refractivity contribution is -0.143. The van der Waals surface area contributed by atoms with Crippen LogP contribution in [-0.4, -0.2) is 27.6 Å². The molecular weight excluding hydrogens is 379 g/mol. The Hall–Kier alpha value is -2.54. The van der Waals surface area contributed by atoms with E-state index in [9.17, 15) is 18.8 Å².